The number of rotatable bonds is 5. The van der Waals surface area contributed by atoms with Crippen molar-refractivity contribution < 1.29 is 14.6 Å². The van der Waals surface area contributed by atoms with Crippen molar-refractivity contribution in [2.75, 3.05) is 18.9 Å². The Labute approximate surface area is 131 Å². The number of likely N-dealkylation sites (tertiary alicyclic amines) is 1. The van der Waals surface area contributed by atoms with E-state index in [1.807, 2.05) is 19.9 Å². The number of nitrogens with two attached hydrogens (primary N) is 1. The van der Waals surface area contributed by atoms with E-state index in [0.717, 1.165) is 31.2 Å². The lowest BCUT2D eigenvalue weighted by atomic mass is 9.89. The van der Waals surface area contributed by atoms with Gasteiger partial charge in [0.25, 0.3) is 0 Å². The number of anilines is 1. The molecule has 122 valence electrons. The van der Waals surface area contributed by atoms with Crippen LogP contribution in [0.3, 0.4) is 0 Å². The molecule has 0 spiro atoms. The topological polar surface area (TPSA) is 88.7 Å². The highest BCUT2D eigenvalue weighted by molar-refractivity contribution is 5.65. The Bertz CT molecular complexity index is 521. The number of piperidine rings is 1. The Morgan fingerprint density at radius 1 is 1.59 bits per heavy atom. The Morgan fingerprint density at radius 2 is 2.36 bits per heavy atom. The summed E-state index contributed by atoms with van der Waals surface area (Å²) in [6, 6.07) is 1.98. The highest BCUT2D eigenvalue weighted by Crippen LogP contribution is 2.26. The lowest BCUT2D eigenvalue weighted by molar-refractivity contribution is 0.0904. The third-order valence-corrected chi connectivity index (χ3v) is 4.32. The lowest BCUT2D eigenvalue weighted by Crippen LogP contribution is -2.44. The standard InChI is InChI=1S/C16H25N3O3/c1-3-13-9-14(17)10-18-15(13)22-7-5-12-4-6-19(16(20)21)11(2)8-12/h9-12H,3-8,17H2,1-2H3,(H,20,21). The van der Waals surface area contributed by atoms with Gasteiger partial charge in [-0.25, -0.2) is 9.78 Å². The first-order valence-corrected chi connectivity index (χ1v) is 7.88. The normalized spacial score (nSPS) is 21.6. The molecule has 0 aromatic carbocycles. The summed E-state index contributed by atoms with van der Waals surface area (Å²) < 4.78 is 5.80. The molecule has 1 aliphatic heterocycles. The van der Waals surface area contributed by atoms with E-state index in [2.05, 4.69) is 4.98 Å². The van der Waals surface area contributed by atoms with E-state index in [4.69, 9.17) is 15.6 Å². The van der Waals surface area contributed by atoms with Gasteiger partial charge in [-0.3, -0.25) is 0 Å². The molecule has 0 aliphatic carbocycles. The summed E-state index contributed by atoms with van der Waals surface area (Å²) in [5, 5.41) is 9.08. The van der Waals surface area contributed by atoms with Crippen LogP contribution in [0.2, 0.25) is 0 Å². The van der Waals surface area contributed by atoms with Crippen LogP contribution in [0.1, 0.15) is 38.7 Å². The number of carboxylic acid groups (broad SMARTS) is 1. The summed E-state index contributed by atoms with van der Waals surface area (Å²) in [5.74, 6) is 1.16. The minimum Gasteiger partial charge on any atom is -0.477 e. The van der Waals surface area contributed by atoms with Gasteiger partial charge in [-0.15, -0.1) is 0 Å². The zero-order valence-electron chi connectivity index (χ0n) is 13.3. The number of ether oxygens (including phenoxy) is 1. The maximum atomic E-state index is 11.1. The summed E-state index contributed by atoms with van der Waals surface area (Å²) in [6.45, 7) is 5.24. The summed E-state index contributed by atoms with van der Waals surface area (Å²) in [6.07, 6.45) is 4.35. The van der Waals surface area contributed by atoms with Gasteiger partial charge in [-0.05, 0) is 44.6 Å². The molecular formula is C16H25N3O3. The van der Waals surface area contributed by atoms with E-state index in [-0.39, 0.29) is 6.04 Å². The summed E-state index contributed by atoms with van der Waals surface area (Å²) in [4.78, 5) is 16.8. The van der Waals surface area contributed by atoms with Crippen molar-refractivity contribution in [1.29, 1.82) is 0 Å². The number of nitrogen functional groups attached to an aromatic ring is 1. The third kappa shape index (κ3) is 4.02. The van der Waals surface area contributed by atoms with Crippen LogP contribution in [0.25, 0.3) is 0 Å². The second-order valence-corrected chi connectivity index (χ2v) is 5.94. The lowest BCUT2D eigenvalue weighted by Gasteiger charge is -2.35. The Hall–Kier alpha value is -1.98. The molecule has 2 rings (SSSR count). The predicted molar refractivity (Wildman–Crippen MR) is 85.1 cm³/mol. The number of pyridine rings is 1. The first-order valence-electron chi connectivity index (χ1n) is 7.88. The largest absolute Gasteiger partial charge is 0.477 e. The fourth-order valence-electron chi connectivity index (χ4n) is 3.04. The smallest absolute Gasteiger partial charge is 0.407 e. The first kappa shape index (κ1) is 16.4. The summed E-state index contributed by atoms with van der Waals surface area (Å²) in [5.41, 5.74) is 7.40. The van der Waals surface area contributed by atoms with E-state index in [0.29, 0.717) is 30.6 Å². The average Bonchev–Trinajstić information content (AvgIpc) is 2.48. The molecule has 1 aromatic rings. The molecule has 6 nitrogen and oxygen atoms in total. The molecule has 6 heteroatoms. The molecule has 0 bridgehead atoms. The van der Waals surface area contributed by atoms with E-state index in [1.165, 1.54) is 4.90 Å². The minimum absolute atomic E-state index is 0.0806. The van der Waals surface area contributed by atoms with Crippen LogP contribution in [0.4, 0.5) is 10.5 Å². The molecule has 1 aliphatic rings. The molecule has 0 radical (unpaired) electrons. The molecule has 0 saturated carbocycles. The van der Waals surface area contributed by atoms with Crippen LogP contribution in [-0.2, 0) is 6.42 Å². The van der Waals surface area contributed by atoms with Crippen LogP contribution in [0.15, 0.2) is 12.3 Å². The van der Waals surface area contributed by atoms with Crippen LogP contribution >= 0.6 is 0 Å². The van der Waals surface area contributed by atoms with Crippen molar-refractivity contribution in [3.05, 3.63) is 17.8 Å². The second kappa shape index (κ2) is 7.33. The molecule has 1 aromatic heterocycles. The number of carbonyl (C=O) groups is 1. The molecule has 1 saturated heterocycles. The van der Waals surface area contributed by atoms with Crippen molar-refractivity contribution >= 4 is 11.8 Å². The van der Waals surface area contributed by atoms with E-state index >= 15 is 0 Å². The summed E-state index contributed by atoms with van der Waals surface area (Å²) >= 11 is 0. The number of amides is 1. The van der Waals surface area contributed by atoms with Crippen molar-refractivity contribution in [3.63, 3.8) is 0 Å². The molecule has 3 N–H and O–H groups in total. The fourth-order valence-corrected chi connectivity index (χ4v) is 3.04. The fraction of sp³-hybridized carbons (Fsp3) is 0.625. The van der Waals surface area contributed by atoms with E-state index in [9.17, 15) is 4.79 Å². The van der Waals surface area contributed by atoms with E-state index < -0.39 is 6.09 Å². The predicted octanol–water partition coefficient (Wildman–Crippen LogP) is 2.77. The Balaban J connectivity index is 1.81. The van der Waals surface area contributed by atoms with Crippen LogP contribution < -0.4 is 10.5 Å². The monoisotopic (exact) mass is 307 g/mol. The maximum Gasteiger partial charge on any atom is 0.407 e. The Morgan fingerprint density at radius 3 is 3.00 bits per heavy atom. The van der Waals surface area contributed by atoms with Crippen molar-refractivity contribution in [2.24, 2.45) is 5.92 Å². The van der Waals surface area contributed by atoms with Gasteiger partial charge in [0.1, 0.15) is 0 Å². The zero-order valence-corrected chi connectivity index (χ0v) is 13.3. The number of hydrogen-bond donors (Lipinski definition) is 2. The molecule has 2 atom stereocenters. The van der Waals surface area contributed by atoms with Crippen LogP contribution in [-0.4, -0.2) is 40.3 Å². The zero-order chi connectivity index (χ0) is 16.1. The van der Waals surface area contributed by atoms with E-state index in [1.54, 1.807) is 6.20 Å². The molecular weight excluding hydrogens is 282 g/mol. The van der Waals surface area contributed by atoms with Gasteiger partial charge in [-0.2, -0.15) is 0 Å². The number of hydrogen-bond acceptors (Lipinski definition) is 4. The van der Waals surface area contributed by atoms with Gasteiger partial charge in [-0.1, -0.05) is 6.92 Å². The highest BCUT2D eigenvalue weighted by Gasteiger charge is 2.28. The summed E-state index contributed by atoms with van der Waals surface area (Å²) in [7, 11) is 0. The van der Waals surface area contributed by atoms with Crippen molar-refractivity contribution in [3.8, 4) is 5.88 Å². The Kier molecular flexibility index (Phi) is 5.46. The highest BCUT2D eigenvalue weighted by atomic mass is 16.5. The quantitative estimate of drug-likeness (QED) is 0.873. The van der Waals surface area contributed by atoms with Gasteiger partial charge in [0.05, 0.1) is 18.5 Å². The van der Waals surface area contributed by atoms with Gasteiger partial charge < -0.3 is 20.5 Å². The van der Waals surface area contributed by atoms with Gasteiger partial charge in [0.2, 0.25) is 5.88 Å². The molecule has 1 amide bonds. The van der Waals surface area contributed by atoms with Crippen molar-refractivity contribution in [1.82, 2.24) is 9.88 Å². The first-order chi connectivity index (χ1) is 10.5. The van der Waals surface area contributed by atoms with Gasteiger partial charge in [0, 0.05) is 18.2 Å². The number of nitrogens with zero attached hydrogens (tertiary/aromatic N) is 2. The average molecular weight is 307 g/mol. The van der Waals surface area contributed by atoms with Crippen LogP contribution in [0.5, 0.6) is 5.88 Å². The maximum absolute atomic E-state index is 11.1. The minimum atomic E-state index is -0.819. The van der Waals surface area contributed by atoms with Gasteiger partial charge >= 0.3 is 6.09 Å². The van der Waals surface area contributed by atoms with Crippen molar-refractivity contribution in [2.45, 2.75) is 45.6 Å². The molecule has 22 heavy (non-hydrogen) atoms. The third-order valence-electron chi connectivity index (χ3n) is 4.32. The number of aromatic nitrogens is 1. The molecule has 1 fully saturated rings. The molecule has 2 unspecified atom stereocenters. The second-order valence-electron chi connectivity index (χ2n) is 5.94. The molecule has 2 heterocycles. The van der Waals surface area contributed by atoms with Gasteiger partial charge in [0.15, 0.2) is 0 Å². The SMILES string of the molecule is CCc1cc(N)cnc1OCCC1CCN(C(=O)O)C(C)C1. The van der Waals surface area contributed by atoms with Crippen LogP contribution in [0, 0.1) is 5.92 Å². The number of aryl methyl sites for hydroxylation is 1.